The number of fused-ring (bicyclic) bond motifs is 2. The summed E-state index contributed by atoms with van der Waals surface area (Å²) in [6.45, 7) is -0.835. The van der Waals surface area contributed by atoms with Crippen LogP contribution in [0.3, 0.4) is 0 Å². The number of rotatable bonds is 4. The number of para-hydroxylation sites is 1. The Balaban J connectivity index is 1.77. The number of hydrogen-bond donors (Lipinski definition) is 2. The van der Waals surface area contributed by atoms with Gasteiger partial charge in [0.1, 0.15) is 6.54 Å². The summed E-state index contributed by atoms with van der Waals surface area (Å²) in [4.78, 5) is 51.7. The Labute approximate surface area is 162 Å². The first-order valence-corrected chi connectivity index (χ1v) is 8.53. The van der Waals surface area contributed by atoms with Crippen LogP contribution in [0.2, 0.25) is 0 Å². The minimum atomic E-state index is -2.04. The second-order valence-corrected chi connectivity index (χ2v) is 6.69. The van der Waals surface area contributed by atoms with Crippen LogP contribution in [0.4, 0.5) is 19.3 Å². The quantitative estimate of drug-likeness (QED) is 0.582. The Bertz CT molecular complexity index is 1090. The zero-order chi connectivity index (χ0) is 20.9. The van der Waals surface area contributed by atoms with Crippen molar-refractivity contribution in [2.45, 2.75) is 12.1 Å². The van der Waals surface area contributed by atoms with Crippen LogP contribution in [0.1, 0.15) is 11.1 Å². The molecule has 29 heavy (non-hydrogen) atoms. The van der Waals surface area contributed by atoms with E-state index in [0.29, 0.717) is 10.6 Å². The van der Waals surface area contributed by atoms with Crippen molar-refractivity contribution in [3.8, 4) is 0 Å². The average Bonchev–Trinajstić information content (AvgIpc) is 3.06. The molecule has 10 heteroatoms. The highest BCUT2D eigenvalue weighted by molar-refractivity contribution is 6.28. The molecule has 1 unspecified atom stereocenters. The van der Waals surface area contributed by atoms with Crippen LogP contribution in [0.5, 0.6) is 0 Å². The maximum absolute atomic E-state index is 13.6. The van der Waals surface area contributed by atoms with Gasteiger partial charge in [0.05, 0.1) is 12.2 Å². The molecule has 0 bridgehead atoms. The molecule has 2 aliphatic rings. The number of nitrogens with two attached hydrogens (primary N) is 1. The molecule has 3 N–H and O–H groups in total. The number of imide groups is 1. The number of nitrogens with one attached hydrogen (secondary N) is 1. The largest absolute Gasteiger partial charge is 0.368 e. The van der Waals surface area contributed by atoms with Crippen molar-refractivity contribution in [2.75, 3.05) is 11.4 Å². The summed E-state index contributed by atoms with van der Waals surface area (Å²) in [5.74, 6) is -4.71. The molecule has 2 aromatic rings. The Morgan fingerprint density at radius 3 is 2.38 bits per heavy atom. The molecule has 1 saturated heterocycles. The second kappa shape index (κ2) is 6.36. The van der Waals surface area contributed by atoms with Crippen LogP contribution in [-0.2, 0) is 26.5 Å². The predicted molar refractivity (Wildman–Crippen MR) is 95.1 cm³/mol. The summed E-state index contributed by atoms with van der Waals surface area (Å²) in [5.41, 5.74) is 3.89. The first-order valence-electron chi connectivity index (χ1n) is 8.53. The summed E-state index contributed by atoms with van der Waals surface area (Å²) >= 11 is 0. The molecule has 0 radical (unpaired) electrons. The fourth-order valence-electron chi connectivity index (χ4n) is 3.63. The second-order valence-electron chi connectivity index (χ2n) is 6.69. The molecule has 1 fully saturated rings. The molecule has 1 atom stereocenters. The third-order valence-electron chi connectivity index (χ3n) is 4.91. The summed E-state index contributed by atoms with van der Waals surface area (Å²) in [7, 11) is 0. The molecule has 0 aromatic heterocycles. The molecule has 1 spiro atoms. The van der Waals surface area contributed by atoms with E-state index in [0.717, 1.165) is 12.1 Å². The Hall–Kier alpha value is -3.82. The predicted octanol–water partition coefficient (Wildman–Crippen LogP) is 0.744. The molecule has 2 aromatic carbocycles. The highest BCUT2D eigenvalue weighted by atomic mass is 19.2. The van der Waals surface area contributed by atoms with Crippen LogP contribution < -0.4 is 16.0 Å². The van der Waals surface area contributed by atoms with Gasteiger partial charge in [0.25, 0.3) is 11.8 Å². The van der Waals surface area contributed by atoms with Crippen LogP contribution in [0.25, 0.3) is 0 Å². The lowest BCUT2D eigenvalue weighted by Gasteiger charge is -2.22. The number of urea groups is 1. The first kappa shape index (κ1) is 18.5. The Morgan fingerprint density at radius 2 is 1.69 bits per heavy atom. The van der Waals surface area contributed by atoms with Crippen LogP contribution in [0, 0.1) is 11.6 Å². The van der Waals surface area contributed by atoms with Crippen molar-refractivity contribution in [1.29, 1.82) is 0 Å². The third kappa shape index (κ3) is 2.64. The van der Waals surface area contributed by atoms with E-state index < -0.39 is 47.5 Å². The highest BCUT2D eigenvalue weighted by Crippen LogP contribution is 2.44. The summed E-state index contributed by atoms with van der Waals surface area (Å²) in [5, 5.41) is 2.38. The smallest absolute Gasteiger partial charge is 0.326 e. The molecule has 2 heterocycles. The minimum Gasteiger partial charge on any atom is -0.368 e. The zero-order valence-corrected chi connectivity index (χ0v) is 14.8. The number of halogens is 2. The van der Waals surface area contributed by atoms with Crippen LogP contribution in [0.15, 0.2) is 42.5 Å². The van der Waals surface area contributed by atoms with E-state index in [1.54, 1.807) is 18.2 Å². The van der Waals surface area contributed by atoms with Crippen molar-refractivity contribution in [3.63, 3.8) is 0 Å². The van der Waals surface area contributed by atoms with E-state index in [-0.39, 0.29) is 17.7 Å². The van der Waals surface area contributed by atoms with E-state index in [9.17, 15) is 28.0 Å². The van der Waals surface area contributed by atoms with Gasteiger partial charge in [-0.15, -0.1) is 0 Å². The fraction of sp³-hybridized carbons (Fsp3) is 0.158. The van der Waals surface area contributed by atoms with E-state index in [2.05, 4.69) is 5.32 Å². The number of amides is 5. The number of benzene rings is 2. The number of hydrogen-bond acceptors (Lipinski definition) is 4. The molecule has 0 aliphatic carbocycles. The normalized spacial score (nSPS) is 20.4. The van der Waals surface area contributed by atoms with Gasteiger partial charge in [0, 0.05) is 5.56 Å². The first-order chi connectivity index (χ1) is 13.8. The maximum atomic E-state index is 13.6. The molecular weight excluding hydrogens is 386 g/mol. The van der Waals surface area contributed by atoms with Crippen LogP contribution in [-0.4, -0.2) is 35.2 Å². The van der Waals surface area contributed by atoms with Gasteiger partial charge in [-0.1, -0.05) is 24.3 Å². The zero-order valence-electron chi connectivity index (χ0n) is 14.8. The number of carbonyl (C=O) groups excluding carboxylic acids is 4. The molecule has 4 rings (SSSR count). The highest BCUT2D eigenvalue weighted by Gasteiger charge is 2.64. The van der Waals surface area contributed by atoms with Crippen LogP contribution >= 0.6 is 0 Å². The molecule has 148 valence electrons. The average molecular weight is 400 g/mol. The van der Waals surface area contributed by atoms with Crippen molar-refractivity contribution < 1.29 is 28.0 Å². The minimum absolute atomic E-state index is 0.159. The monoisotopic (exact) mass is 400 g/mol. The van der Waals surface area contributed by atoms with Gasteiger partial charge in [-0.2, -0.15) is 0 Å². The van der Waals surface area contributed by atoms with E-state index in [1.165, 1.54) is 17.0 Å². The lowest BCUT2D eigenvalue weighted by atomic mass is 9.91. The number of primary amides is 1. The molecule has 0 saturated carbocycles. The van der Waals surface area contributed by atoms with Gasteiger partial charge in [-0.3, -0.25) is 19.3 Å². The fourth-order valence-corrected chi connectivity index (χ4v) is 3.63. The lowest BCUT2D eigenvalue weighted by Crippen LogP contribution is -2.52. The van der Waals surface area contributed by atoms with Gasteiger partial charge >= 0.3 is 6.03 Å². The number of carbonyl (C=O) groups is 4. The maximum Gasteiger partial charge on any atom is 0.326 e. The van der Waals surface area contributed by atoms with Gasteiger partial charge in [0.2, 0.25) is 11.4 Å². The standard InChI is InChI=1S/C19H14F2N4O4/c20-12-6-5-10(7-13(12)21)8-24-14-4-2-1-3-11(14)19(16(24)27)17(28)25(9-15(22)26)18(29)23-19/h1-7H,8-9H2,(H2,22,26)(H,23,29). The molecule has 2 aliphatic heterocycles. The van der Waals surface area contributed by atoms with Crippen molar-refractivity contribution in [1.82, 2.24) is 10.2 Å². The Morgan fingerprint density at radius 1 is 1.00 bits per heavy atom. The number of nitrogens with zero attached hydrogens (tertiary/aromatic N) is 2. The lowest BCUT2D eigenvalue weighted by molar-refractivity contribution is -0.140. The molecule has 8 nitrogen and oxygen atoms in total. The van der Waals surface area contributed by atoms with E-state index in [4.69, 9.17) is 5.73 Å². The summed E-state index contributed by atoms with van der Waals surface area (Å²) in [6, 6.07) is 8.56. The van der Waals surface area contributed by atoms with Gasteiger partial charge in [-0.25, -0.2) is 13.6 Å². The summed E-state index contributed by atoms with van der Waals surface area (Å²) < 4.78 is 26.8. The SMILES string of the molecule is NC(=O)CN1C(=O)NC2(C1=O)C(=O)N(Cc1ccc(F)c(F)c1)c1ccccc12. The summed E-state index contributed by atoms with van der Waals surface area (Å²) in [6.07, 6.45) is 0. The van der Waals surface area contributed by atoms with E-state index in [1.807, 2.05) is 0 Å². The Kier molecular flexibility index (Phi) is 4.07. The van der Waals surface area contributed by atoms with E-state index >= 15 is 0 Å². The topological polar surface area (TPSA) is 113 Å². The van der Waals surface area contributed by atoms with Crippen molar-refractivity contribution in [2.24, 2.45) is 5.73 Å². The molecule has 5 amide bonds. The van der Waals surface area contributed by atoms with Gasteiger partial charge < -0.3 is 16.0 Å². The number of anilines is 1. The van der Waals surface area contributed by atoms with Crippen molar-refractivity contribution >= 4 is 29.4 Å². The molecular formula is C19H14F2N4O4. The van der Waals surface area contributed by atoms with Gasteiger partial charge in [0.15, 0.2) is 11.6 Å². The van der Waals surface area contributed by atoms with Crippen molar-refractivity contribution in [3.05, 3.63) is 65.2 Å². The van der Waals surface area contributed by atoms with Gasteiger partial charge in [-0.05, 0) is 23.8 Å². The third-order valence-corrected chi connectivity index (χ3v) is 4.91.